The second kappa shape index (κ2) is 7.97. The van der Waals surface area contributed by atoms with Gasteiger partial charge in [-0.1, -0.05) is 42.1 Å². The van der Waals surface area contributed by atoms with Gasteiger partial charge in [-0.2, -0.15) is 0 Å². The molecule has 132 valence electrons. The Hall–Kier alpha value is -2.93. The molecule has 0 saturated heterocycles. The van der Waals surface area contributed by atoms with E-state index in [-0.39, 0.29) is 17.4 Å². The van der Waals surface area contributed by atoms with Crippen LogP contribution in [0.1, 0.15) is 17.3 Å². The van der Waals surface area contributed by atoms with Crippen molar-refractivity contribution in [2.24, 2.45) is 7.05 Å². The van der Waals surface area contributed by atoms with E-state index in [1.165, 1.54) is 18.7 Å². The zero-order valence-electron chi connectivity index (χ0n) is 14.5. The monoisotopic (exact) mass is 366 g/mol. The minimum absolute atomic E-state index is 0.00589. The fourth-order valence-electron chi connectivity index (χ4n) is 2.44. The summed E-state index contributed by atoms with van der Waals surface area (Å²) in [5.74, 6) is 0.880. The lowest BCUT2D eigenvalue weighted by atomic mass is 10.1. The van der Waals surface area contributed by atoms with Crippen molar-refractivity contribution in [2.75, 3.05) is 11.1 Å². The second-order valence-corrected chi connectivity index (χ2v) is 6.64. The van der Waals surface area contributed by atoms with Gasteiger partial charge in [0.15, 0.2) is 16.8 Å². The van der Waals surface area contributed by atoms with Crippen LogP contribution in [0.5, 0.6) is 0 Å². The molecule has 0 spiro atoms. The van der Waals surface area contributed by atoms with Crippen LogP contribution in [-0.4, -0.2) is 32.2 Å². The van der Waals surface area contributed by atoms with Gasteiger partial charge in [-0.05, 0) is 24.3 Å². The van der Waals surface area contributed by atoms with Crippen molar-refractivity contribution < 1.29 is 9.59 Å². The molecule has 1 amide bonds. The largest absolute Gasteiger partial charge is 0.326 e. The first-order chi connectivity index (χ1) is 12.5. The van der Waals surface area contributed by atoms with Crippen molar-refractivity contribution in [1.29, 1.82) is 0 Å². The van der Waals surface area contributed by atoms with Crippen molar-refractivity contribution >= 4 is 29.1 Å². The molecule has 0 unspecified atom stereocenters. The molecule has 0 saturated carbocycles. The van der Waals surface area contributed by atoms with E-state index in [1.807, 2.05) is 41.9 Å². The molecule has 0 aliphatic heterocycles. The lowest BCUT2D eigenvalue weighted by Gasteiger charge is -2.05. The number of thioether (sulfide) groups is 1. The third kappa shape index (κ3) is 4.18. The van der Waals surface area contributed by atoms with Crippen molar-refractivity contribution in [2.45, 2.75) is 12.1 Å². The zero-order valence-corrected chi connectivity index (χ0v) is 15.3. The number of hydrogen-bond acceptors (Lipinski definition) is 5. The van der Waals surface area contributed by atoms with Gasteiger partial charge in [0.05, 0.1) is 5.75 Å². The lowest BCUT2D eigenvalue weighted by molar-refractivity contribution is -0.114. The van der Waals surface area contributed by atoms with E-state index >= 15 is 0 Å². The third-order valence-electron chi connectivity index (χ3n) is 3.73. The molecule has 0 fully saturated rings. The van der Waals surface area contributed by atoms with Crippen molar-refractivity contribution in [3.8, 4) is 11.4 Å². The van der Waals surface area contributed by atoms with Crippen molar-refractivity contribution in [3.05, 3.63) is 60.2 Å². The summed E-state index contributed by atoms with van der Waals surface area (Å²) in [7, 11) is 1.89. The second-order valence-electron chi connectivity index (χ2n) is 5.70. The first kappa shape index (κ1) is 17.9. The molecule has 3 aromatic rings. The van der Waals surface area contributed by atoms with Crippen LogP contribution in [0.4, 0.5) is 5.69 Å². The van der Waals surface area contributed by atoms with E-state index in [4.69, 9.17) is 0 Å². The van der Waals surface area contributed by atoms with Crippen LogP contribution in [0.25, 0.3) is 11.4 Å². The molecule has 0 atom stereocenters. The number of carbonyl (C=O) groups excluding carboxylic acids is 2. The number of ketones is 1. The quantitative estimate of drug-likeness (QED) is 0.534. The Morgan fingerprint density at radius 3 is 2.38 bits per heavy atom. The van der Waals surface area contributed by atoms with E-state index in [0.29, 0.717) is 16.4 Å². The van der Waals surface area contributed by atoms with Gasteiger partial charge in [0.25, 0.3) is 0 Å². The van der Waals surface area contributed by atoms with E-state index in [9.17, 15) is 9.59 Å². The van der Waals surface area contributed by atoms with Gasteiger partial charge in [0.1, 0.15) is 0 Å². The maximum absolute atomic E-state index is 12.4. The maximum Gasteiger partial charge on any atom is 0.221 e. The van der Waals surface area contributed by atoms with Gasteiger partial charge in [0, 0.05) is 30.8 Å². The number of nitrogens with zero attached hydrogens (tertiary/aromatic N) is 3. The smallest absolute Gasteiger partial charge is 0.221 e. The van der Waals surface area contributed by atoms with Crippen molar-refractivity contribution in [1.82, 2.24) is 14.8 Å². The molecular weight excluding hydrogens is 348 g/mol. The summed E-state index contributed by atoms with van der Waals surface area (Å²) >= 11 is 1.35. The maximum atomic E-state index is 12.4. The number of benzene rings is 2. The summed E-state index contributed by atoms with van der Waals surface area (Å²) in [6, 6.07) is 16.6. The SMILES string of the molecule is CC(=O)Nc1ccc(C(=O)CSc2nnc(-c3ccccc3)n2C)cc1. The van der Waals surface area contributed by atoms with Crippen LogP contribution in [0.15, 0.2) is 59.8 Å². The van der Waals surface area contributed by atoms with Crippen LogP contribution in [0.2, 0.25) is 0 Å². The predicted molar refractivity (Wildman–Crippen MR) is 102 cm³/mol. The van der Waals surface area contributed by atoms with Crippen LogP contribution in [0.3, 0.4) is 0 Å². The predicted octanol–water partition coefficient (Wildman–Crippen LogP) is 3.42. The van der Waals surface area contributed by atoms with E-state index in [2.05, 4.69) is 15.5 Å². The lowest BCUT2D eigenvalue weighted by Crippen LogP contribution is -2.07. The average molecular weight is 366 g/mol. The Bertz CT molecular complexity index is 920. The fraction of sp³-hybridized carbons (Fsp3) is 0.158. The van der Waals surface area contributed by atoms with Gasteiger partial charge in [-0.3, -0.25) is 9.59 Å². The summed E-state index contributed by atoms with van der Waals surface area (Å²) in [4.78, 5) is 23.4. The van der Waals surface area contributed by atoms with Gasteiger partial charge in [-0.15, -0.1) is 10.2 Å². The number of carbonyl (C=O) groups is 2. The third-order valence-corrected chi connectivity index (χ3v) is 4.75. The van der Waals surface area contributed by atoms with Crippen LogP contribution in [-0.2, 0) is 11.8 Å². The first-order valence-electron chi connectivity index (χ1n) is 8.03. The summed E-state index contributed by atoms with van der Waals surface area (Å²) in [5, 5.41) is 11.8. The molecule has 0 aliphatic carbocycles. The number of hydrogen-bond donors (Lipinski definition) is 1. The summed E-state index contributed by atoms with van der Waals surface area (Å²) in [6.45, 7) is 1.44. The highest BCUT2D eigenvalue weighted by molar-refractivity contribution is 7.99. The average Bonchev–Trinajstić information content (AvgIpc) is 3.01. The van der Waals surface area contributed by atoms with E-state index < -0.39 is 0 Å². The summed E-state index contributed by atoms with van der Waals surface area (Å²) in [5.41, 5.74) is 2.24. The first-order valence-corrected chi connectivity index (χ1v) is 9.01. The molecule has 1 N–H and O–H groups in total. The molecule has 0 bridgehead atoms. The van der Waals surface area contributed by atoms with E-state index in [1.54, 1.807) is 24.3 Å². The Morgan fingerprint density at radius 1 is 1.04 bits per heavy atom. The van der Waals surface area contributed by atoms with Gasteiger partial charge in [-0.25, -0.2) is 0 Å². The minimum atomic E-state index is -0.142. The highest BCUT2D eigenvalue weighted by atomic mass is 32.2. The van der Waals surface area contributed by atoms with Crippen LogP contribution < -0.4 is 5.32 Å². The molecule has 7 heteroatoms. The van der Waals surface area contributed by atoms with Crippen molar-refractivity contribution in [3.63, 3.8) is 0 Å². The highest BCUT2D eigenvalue weighted by Crippen LogP contribution is 2.23. The van der Waals surface area contributed by atoms with Crippen LogP contribution >= 0.6 is 11.8 Å². The molecule has 1 heterocycles. The summed E-state index contributed by atoms with van der Waals surface area (Å²) < 4.78 is 1.88. The number of aromatic nitrogens is 3. The Labute approximate surface area is 155 Å². The molecule has 1 aromatic heterocycles. The van der Waals surface area contributed by atoms with Gasteiger partial charge >= 0.3 is 0 Å². The zero-order chi connectivity index (χ0) is 18.5. The number of anilines is 1. The van der Waals surface area contributed by atoms with Crippen LogP contribution in [0, 0.1) is 0 Å². The molecular formula is C19H18N4O2S. The van der Waals surface area contributed by atoms with Gasteiger partial charge < -0.3 is 9.88 Å². The highest BCUT2D eigenvalue weighted by Gasteiger charge is 2.13. The van der Waals surface area contributed by atoms with Gasteiger partial charge in [0.2, 0.25) is 5.91 Å². The Morgan fingerprint density at radius 2 is 1.73 bits per heavy atom. The standard InChI is InChI=1S/C19H18N4O2S/c1-13(24)20-16-10-8-14(9-11-16)17(25)12-26-19-22-21-18(23(19)2)15-6-4-3-5-7-15/h3-11H,12H2,1-2H3,(H,20,24). The molecule has 6 nitrogen and oxygen atoms in total. The number of nitrogens with one attached hydrogen (secondary N) is 1. The Kier molecular flexibility index (Phi) is 5.48. The normalized spacial score (nSPS) is 10.5. The summed E-state index contributed by atoms with van der Waals surface area (Å²) in [6.07, 6.45) is 0. The number of rotatable bonds is 6. The Balaban J connectivity index is 1.65. The molecule has 0 aliphatic rings. The fourth-order valence-corrected chi connectivity index (χ4v) is 3.24. The molecule has 26 heavy (non-hydrogen) atoms. The topological polar surface area (TPSA) is 76.9 Å². The minimum Gasteiger partial charge on any atom is -0.326 e. The molecule has 2 aromatic carbocycles. The number of amides is 1. The molecule has 0 radical (unpaired) electrons. The molecule has 3 rings (SSSR count). The van der Waals surface area contributed by atoms with E-state index in [0.717, 1.165) is 11.4 Å². The number of Topliss-reactive ketones (excluding diaryl/α,β-unsaturated/α-hetero) is 1.